The van der Waals surface area contributed by atoms with Crippen LogP contribution in [0, 0.1) is 0 Å². The molecule has 7 heteroatoms. The highest BCUT2D eigenvalue weighted by Gasteiger charge is 2.52. The van der Waals surface area contributed by atoms with Gasteiger partial charge in [0.2, 0.25) is 0 Å². The zero-order valence-corrected chi connectivity index (χ0v) is 20.6. The molecule has 2 fully saturated rings. The molecular formula is C29H32N4O3. The lowest BCUT2D eigenvalue weighted by atomic mass is 9.83. The van der Waals surface area contributed by atoms with Crippen molar-refractivity contribution in [3.8, 4) is 5.75 Å². The minimum Gasteiger partial charge on any atom is -0.492 e. The van der Waals surface area contributed by atoms with E-state index in [4.69, 9.17) is 4.74 Å². The molecule has 0 saturated carbocycles. The first-order valence-electron chi connectivity index (χ1n) is 12.5. The summed E-state index contributed by atoms with van der Waals surface area (Å²) in [7, 11) is 0. The molecule has 0 bridgehead atoms. The maximum atomic E-state index is 13.9. The Morgan fingerprint density at radius 1 is 0.833 bits per heavy atom. The molecule has 5 rings (SSSR count). The number of rotatable bonds is 8. The number of nitrogens with one attached hydrogen (secondary N) is 1. The van der Waals surface area contributed by atoms with Gasteiger partial charge in [0.1, 0.15) is 5.75 Å². The first-order chi connectivity index (χ1) is 17.6. The van der Waals surface area contributed by atoms with Crippen LogP contribution < -0.4 is 15.0 Å². The van der Waals surface area contributed by atoms with Gasteiger partial charge in [-0.3, -0.25) is 9.69 Å². The lowest BCUT2D eigenvalue weighted by Crippen LogP contribution is -2.52. The van der Waals surface area contributed by atoms with E-state index in [2.05, 4.69) is 21.2 Å². The number of piperazine rings is 1. The van der Waals surface area contributed by atoms with E-state index >= 15 is 0 Å². The molecule has 2 heterocycles. The van der Waals surface area contributed by atoms with Gasteiger partial charge in [-0.25, -0.2) is 9.69 Å². The van der Waals surface area contributed by atoms with Crippen LogP contribution in [0.15, 0.2) is 84.9 Å². The van der Waals surface area contributed by atoms with E-state index in [1.54, 1.807) is 0 Å². The summed E-state index contributed by atoms with van der Waals surface area (Å²) in [5, 5.41) is 3.06. The number of para-hydroxylation sites is 2. The Balaban J connectivity index is 1.31. The summed E-state index contributed by atoms with van der Waals surface area (Å²) in [5.74, 6) is 0.683. The fourth-order valence-corrected chi connectivity index (χ4v) is 5.12. The van der Waals surface area contributed by atoms with Crippen LogP contribution in [0.5, 0.6) is 5.75 Å². The molecule has 0 aliphatic carbocycles. The Kier molecular flexibility index (Phi) is 6.91. The molecule has 3 aromatic rings. The molecule has 1 N–H and O–H groups in total. The fourth-order valence-electron chi connectivity index (χ4n) is 5.12. The summed E-state index contributed by atoms with van der Waals surface area (Å²) in [5.41, 5.74) is 1.77. The zero-order chi connectivity index (χ0) is 25.0. The Hall–Kier alpha value is -3.84. The average molecular weight is 485 g/mol. The summed E-state index contributed by atoms with van der Waals surface area (Å²) < 4.78 is 5.81. The molecular weight excluding hydrogens is 452 g/mol. The lowest BCUT2D eigenvalue weighted by molar-refractivity contribution is -0.133. The molecule has 0 radical (unpaired) electrons. The van der Waals surface area contributed by atoms with Crippen molar-refractivity contribution in [1.82, 2.24) is 15.1 Å². The third-order valence-corrected chi connectivity index (χ3v) is 6.97. The lowest BCUT2D eigenvalue weighted by Gasteiger charge is -2.37. The quantitative estimate of drug-likeness (QED) is 0.492. The molecule has 3 amide bonds. The van der Waals surface area contributed by atoms with Crippen LogP contribution in [0.4, 0.5) is 10.5 Å². The van der Waals surface area contributed by atoms with Gasteiger partial charge in [-0.15, -0.1) is 0 Å². The van der Waals surface area contributed by atoms with Crippen LogP contribution in [0.1, 0.15) is 18.1 Å². The Morgan fingerprint density at radius 3 is 2.17 bits per heavy atom. The Bertz CT molecular complexity index is 1200. The topological polar surface area (TPSA) is 65.1 Å². The number of anilines is 1. The molecule has 36 heavy (non-hydrogen) atoms. The highest BCUT2D eigenvalue weighted by atomic mass is 16.5. The monoisotopic (exact) mass is 484 g/mol. The summed E-state index contributed by atoms with van der Waals surface area (Å²) in [6, 6.07) is 27.1. The first-order valence-corrected chi connectivity index (χ1v) is 12.5. The third-order valence-electron chi connectivity index (χ3n) is 6.97. The van der Waals surface area contributed by atoms with E-state index in [0.717, 1.165) is 48.7 Å². The second-order valence-corrected chi connectivity index (χ2v) is 9.24. The average Bonchev–Trinajstić information content (AvgIpc) is 3.15. The van der Waals surface area contributed by atoms with Crippen molar-refractivity contribution in [3.63, 3.8) is 0 Å². The molecule has 2 aliphatic heterocycles. The molecule has 3 aromatic carbocycles. The number of imide groups is 1. The summed E-state index contributed by atoms with van der Waals surface area (Å²) in [6.45, 7) is 5.95. The molecule has 1 atom stereocenters. The first kappa shape index (κ1) is 23.9. The van der Waals surface area contributed by atoms with E-state index in [1.807, 2.05) is 85.8 Å². The van der Waals surface area contributed by atoms with Crippen molar-refractivity contribution in [1.29, 1.82) is 0 Å². The van der Waals surface area contributed by atoms with Crippen LogP contribution in [-0.4, -0.2) is 61.2 Å². The summed E-state index contributed by atoms with van der Waals surface area (Å²) in [6.07, 6.45) is 0.404. The number of hydrogen-bond donors (Lipinski definition) is 1. The van der Waals surface area contributed by atoms with Crippen molar-refractivity contribution in [2.24, 2.45) is 0 Å². The van der Waals surface area contributed by atoms with Gasteiger partial charge in [0.05, 0.1) is 19.0 Å². The molecule has 2 aliphatic rings. The number of ether oxygens (including phenoxy) is 1. The second-order valence-electron chi connectivity index (χ2n) is 9.24. The number of hydrogen-bond acceptors (Lipinski definition) is 5. The van der Waals surface area contributed by atoms with Gasteiger partial charge in [-0.1, -0.05) is 72.8 Å². The minimum atomic E-state index is -1.11. The predicted octanol–water partition coefficient (Wildman–Crippen LogP) is 3.85. The SMILES string of the molecule is CCOc1ccccc1N1CCN(CN2C(=O)NC(Cc3ccccc3)(c3ccccc3)C2=O)CC1. The normalized spacial score (nSPS) is 20.5. The van der Waals surface area contributed by atoms with Crippen molar-refractivity contribution >= 4 is 17.6 Å². The summed E-state index contributed by atoms with van der Waals surface area (Å²) in [4.78, 5) is 32.9. The molecule has 0 spiro atoms. The number of urea groups is 1. The van der Waals surface area contributed by atoms with Crippen LogP contribution in [0.25, 0.3) is 0 Å². The second kappa shape index (κ2) is 10.4. The van der Waals surface area contributed by atoms with Gasteiger partial charge in [0, 0.05) is 32.6 Å². The predicted molar refractivity (Wildman–Crippen MR) is 140 cm³/mol. The standard InChI is InChI=1S/C29H32N4O3/c1-2-36-26-16-10-9-15-25(26)32-19-17-31(18-20-32)22-33-27(34)29(30-28(33)35,24-13-7-4-8-14-24)21-23-11-5-3-6-12-23/h3-16H,2,17-22H2,1H3,(H,30,35). The van der Waals surface area contributed by atoms with Crippen molar-refractivity contribution in [3.05, 3.63) is 96.1 Å². The number of amides is 3. The van der Waals surface area contributed by atoms with Gasteiger partial charge in [-0.2, -0.15) is 0 Å². The number of nitrogens with zero attached hydrogens (tertiary/aromatic N) is 3. The Labute approximate surface area is 212 Å². The highest BCUT2D eigenvalue weighted by Crippen LogP contribution is 2.34. The van der Waals surface area contributed by atoms with Crippen LogP contribution in [0.3, 0.4) is 0 Å². The fraction of sp³-hybridized carbons (Fsp3) is 0.310. The van der Waals surface area contributed by atoms with Gasteiger partial charge < -0.3 is 15.0 Å². The molecule has 1 unspecified atom stereocenters. The van der Waals surface area contributed by atoms with Gasteiger partial charge in [0.15, 0.2) is 5.54 Å². The van der Waals surface area contributed by atoms with E-state index in [9.17, 15) is 9.59 Å². The number of carbonyl (C=O) groups excluding carboxylic acids is 2. The zero-order valence-electron chi connectivity index (χ0n) is 20.6. The van der Waals surface area contributed by atoms with E-state index in [1.165, 1.54) is 4.90 Å². The van der Waals surface area contributed by atoms with E-state index < -0.39 is 5.54 Å². The van der Waals surface area contributed by atoms with Crippen LogP contribution in [-0.2, 0) is 16.8 Å². The van der Waals surface area contributed by atoms with Crippen molar-refractivity contribution in [2.75, 3.05) is 44.4 Å². The molecule has 2 saturated heterocycles. The van der Waals surface area contributed by atoms with E-state index in [-0.39, 0.29) is 18.6 Å². The summed E-state index contributed by atoms with van der Waals surface area (Å²) >= 11 is 0. The van der Waals surface area contributed by atoms with Crippen molar-refractivity contribution < 1.29 is 14.3 Å². The third kappa shape index (κ3) is 4.66. The van der Waals surface area contributed by atoms with E-state index in [0.29, 0.717) is 13.0 Å². The molecule has 7 nitrogen and oxygen atoms in total. The van der Waals surface area contributed by atoms with Crippen LogP contribution in [0.2, 0.25) is 0 Å². The number of benzene rings is 3. The molecule has 0 aromatic heterocycles. The highest BCUT2D eigenvalue weighted by molar-refractivity contribution is 6.07. The Morgan fingerprint density at radius 2 is 1.47 bits per heavy atom. The maximum Gasteiger partial charge on any atom is 0.326 e. The van der Waals surface area contributed by atoms with Crippen LogP contribution >= 0.6 is 0 Å². The number of carbonyl (C=O) groups is 2. The molecule has 186 valence electrons. The largest absolute Gasteiger partial charge is 0.492 e. The van der Waals surface area contributed by atoms with Gasteiger partial charge in [-0.05, 0) is 30.2 Å². The smallest absolute Gasteiger partial charge is 0.326 e. The van der Waals surface area contributed by atoms with Gasteiger partial charge >= 0.3 is 6.03 Å². The van der Waals surface area contributed by atoms with Gasteiger partial charge in [0.25, 0.3) is 5.91 Å². The maximum absolute atomic E-state index is 13.9. The minimum absolute atomic E-state index is 0.202. The van der Waals surface area contributed by atoms with Crippen molar-refractivity contribution in [2.45, 2.75) is 18.9 Å².